The van der Waals surface area contributed by atoms with Gasteiger partial charge in [0.2, 0.25) is 0 Å². The van der Waals surface area contributed by atoms with Crippen LogP contribution in [0, 0.1) is 5.92 Å². The van der Waals surface area contributed by atoms with E-state index in [9.17, 15) is 0 Å². The molecule has 18 heavy (non-hydrogen) atoms. The minimum absolute atomic E-state index is 0.250. The summed E-state index contributed by atoms with van der Waals surface area (Å²) in [5, 5.41) is 5.22. The van der Waals surface area contributed by atoms with Gasteiger partial charge in [-0.3, -0.25) is 4.98 Å². The van der Waals surface area contributed by atoms with Gasteiger partial charge in [-0.15, -0.1) is 0 Å². The first kappa shape index (κ1) is 11.8. The van der Waals surface area contributed by atoms with E-state index < -0.39 is 0 Å². The van der Waals surface area contributed by atoms with Crippen molar-refractivity contribution in [3.05, 3.63) is 35.5 Å². The molecule has 1 saturated carbocycles. The average molecular weight is 262 g/mol. The molecule has 0 spiro atoms. The van der Waals surface area contributed by atoms with Crippen molar-refractivity contribution in [3.63, 3.8) is 0 Å². The average Bonchev–Trinajstić information content (AvgIpc) is 3.19. The van der Waals surface area contributed by atoms with E-state index >= 15 is 0 Å². The summed E-state index contributed by atoms with van der Waals surface area (Å²) >= 11 is 5.97. The lowest BCUT2D eigenvalue weighted by Gasteiger charge is -2.14. The lowest BCUT2D eigenvalue weighted by molar-refractivity contribution is 0.621. The molecule has 1 aromatic heterocycles. The molecule has 0 saturated heterocycles. The van der Waals surface area contributed by atoms with Crippen LogP contribution in [0.5, 0.6) is 0 Å². The number of hydrogen-bond acceptors (Lipinski definition) is 3. The Hall–Kier alpha value is -1.32. The van der Waals surface area contributed by atoms with E-state index in [1.54, 1.807) is 6.20 Å². The number of pyridine rings is 1. The number of anilines is 1. The fourth-order valence-electron chi connectivity index (χ4n) is 2.19. The summed E-state index contributed by atoms with van der Waals surface area (Å²) in [6.07, 6.45) is 4.34. The van der Waals surface area contributed by atoms with Gasteiger partial charge in [-0.1, -0.05) is 11.6 Å². The molecule has 1 aliphatic rings. The first-order valence-electron chi connectivity index (χ1n) is 6.28. The molecular weight excluding hydrogens is 246 g/mol. The topological polar surface area (TPSA) is 50.9 Å². The van der Waals surface area contributed by atoms with E-state index in [-0.39, 0.29) is 6.04 Å². The maximum atomic E-state index is 6.10. The first-order chi connectivity index (χ1) is 8.74. The van der Waals surface area contributed by atoms with E-state index in [2.05, 4.69) is 10.3 Å². The van der Waals surface area contributed by atoms with Crippen LogP contribution in [0.25, 0.3) is 10.9 Å². The van der Waals surface area contributed by atoms with E-state index in [4.69, 9.17) is 17.3 Å². The Morgan fingerprint density at radius 3 is 3.00 bits per heavy atom. The fourth-order valence-corrected chi connectivity index (χ4v) is 2.36. The van der Waals surface area contributed by atoms with Crippen molar-refractivity contribution in [1.82, 2.24) is 4.98 Å². The summed E-state index contributed by atoms with van der Waals surface area (Å²) in [6, 6.07) is 7.99. The maximum absolute atomic E-state index is 6.10. The molecule has 0 aliphatic heterocycles. The third-order valence-corrected chi connectivity index (χ3v) is 3.70. The van der Waals surface area contributed by atoms with Gasteiger partial charge in [-0.05, 0) is 43.0 Å². The highest BCUT2D eigenvalue weighted by Crippen LogP contribution is 2.32. The third kappa shape index (κ3) is 2.42. The van der Waals surface area contributed by atoms with Gasteiger partial charge in [-0.25, -0.2) is 0 Å². The summed E-state index contributed by atoms with van der Waals surface area (Å²) in [6.45, 7) is 0.812. The van der Waals surface area contributed by atoms with E-state index in [0.29, 0.717) is 10.9 Å². The minimum atomic E-state index is 0.250. The molecule has 4 heteroatoms. The number of fused-ring (bicyclic) bond motifs is 1. The molecule has 3 nitrogen and oxygen atoms in total. The highest BCUT2D eigenvalue weighted by atomic mass is 35.5. The van der Waals surface area contributed by atoms with Crippen LogP contribution >= 0.6 is 11.6 Å². The standard InChI is InChI=1S/C14H16ClN3/c15-10-3-4-11-13(5-6-17-14(11)7-10)18-8-12(16)9-1-2-9/h3-7,9,12H,1-2,8,16H2,(H,17,18). The number of nitrogens with two attached hydrogens (primary N) is 1. The molecule has 1 atom stereocenters. The van der Waals surface area contributed by atoms with Crippen molar-refractivity contribution in [2.75, 3.05) is 11.9 Å². The molecule has 94 valence electrons. The molecule has 0 amide bonds. The Morgan fingerprint density at radius 1 is 1.39 bits per heavy atom. The Labute approximate surface area is 111 Å². The lowest BCUT2D eigenvalue weighted by atomic mass is 10.1. The van der Waals surface area contributed by atoms with Crippen molar-refractivity contribution in [2.24, 2.45) is 11.7 Å². The van der Waals surface area contributed by atoms with Crippen molar-refractivity contribution in [2.45, 2.75) is 18.9 Å². The molecule has 0 bridgehead atoms. The molecule has 1 heterocycles. The maximum Gasteiger partial charge on any atom is 0.0737 e. The largest absolute Gasteiger partial charge is 0.383 e. The zero-order chi connectivity index (χ0) is 12.5. The van der Waals surface area contributed by atoms with Gasteiger partial charge in [0, 0.05) is 34.9 Å². The number of hydrogen-bond donors (Lipinski definition) is 2. The smallest absolute Gasteiger partial charge is 0.0737 e. The van der Waals surface area contributed by atoms with Gasteiger partial charge in [0.1, 0.15) is 0 Å². The summed E-state index contributed by atoms with van der Waals surface area (Å²) in [7, 11) is 0. The predicted molar refractivity (Wildman–Crippen MR) is 75.9 cm³/mol. The lowest BCUT2D eigenvalue weighted by Crippen LogP contribution is -2.31. The molecule has 1 unspecified atom stereocenters. The van der Waals surface area contributed by atoms with Crippen LogP contribution in [-0.4, -0.2) is 17.6 Å². The predicted octanol–water partition coefficient (Wildman–Crippen LogP) is 3.04. The molecule has 1 fully saturated rings. The van der Waals surface area contributed by atoms with E-state index in [1.165, 1.54) is 12.8 Å². The zero-order valence-electron chi connectivity index (χ0n) is 10.1. The second-order valence-electron chi connectivity index (χ2n) is 4.90. The quantitative estimate of drug-likeness (QED) is 0.889. The SMILES string of the molecule is NC(CNc1ccnc2cc(Cl)ccc12)C1CC1. The van der Waals surface area contributed by atoms with Crippen LogP contribution < -0.4 is 11.1 Å². The molecule has 3 rings (SSSR count). The number of aromatic nitrogens is 1. The van der Waals surface area contributed by atoms with Crippen molar-refractivity contribution in [3.8, 4) is 0 Å². The summed E-state index contributed by atoms with van der Waals surface area (Å²) in [5.41, 5.74) is 8.08. The van der Waals surface area contributed by atoms with Gasteiger partial charge in [-0.2, -0.15) is 0 Å². The Morgan fingerprint density at radius 2 is 2.22 bits per heavy atom. The van der Waals surface area contributed by atoms with E-state index in [1.807, 2.05) is 24.3 Å². The van der Waals surface area contributed by atoms with Crippen molar-refractivity contribution >= 4 is 28.2 Å². The van der Waals surface area contributed by atoms with Crippen LogP contribution in [0.4, 0.5) is 5.69 Å². The zero-order valence-corrected chi connectivity index (χ0v) is 10.8. The Kier molecular flexibility index (Phi) is 3.10. The van der Waals surface area contributed by atoms with Crippen molar-refractivity contribution < 1.29 is 0 Å². The third-order valence-electron chi connectivity index (χ3n) is 3.46. The summed E-state index contributed by atoms with van der Waals surface area (Å²) in [5.74, 6) is 0.708. The molecule has 2 aromatic rings. The molecule has 1 aliphatic carbocycles. The Balaban J connectivity index is 1.82. The number of halogens is 1. The second kappa shape index (κ2) is 4.75. The van der Waals surface area contributed by atoms with Crippen molar-refractivity contribution in [1.29, 1.82) is 0 Å². The van der Waals surface area contributed by atoms with Gasteiger partial charge in [0.05, 0.1) is 5.52 Å². The van der Waals surface area contributed by atoms with Gasteiger partial charge in [0.25, 0.3) is 0 Å². The van der Waals surface area contributed by atoms with Gasteiger partial charge >= 0.3 is 0 Å². The number of nitrogens with zero attached hydrogens (tertiary/aromatic N) is 1. The number of nitrogens with one attached hydrogen (secondary N) is 1. The molecule has 1 aromatic carbocycles. The highest BCUT2D eigenvalue weighted by molar-refractivity contribution is 6.31. The van der Waals surface area contributed by atoms with Crippen LogP contribution in [0.15, 0.2) is 30.5 Å². The fraction of sp³-hybridized carbons (Fsp3) is 0.357. The summed E-state index contributed by atoms with van der Waals surface area (Å²) in [4.78, 5) is 4.32. The van der Waals surface area contributed by atoms with Gasteiger partial charge in [0.15, 0.2) is 0 Å². The number of benzene rings is 1. The van der Waals surface area contributed by atoms with Crippen LogP contribution in [0.2, 0.25) is 5.02 Å². The molecular formula is C14H16ClN3. The van der Waals surface area contributed by atoms with Crippen LogP contribution in [0.1, 0.15) is 12.8 Å². The van der Waals surface area contributed by atoms with Gasteiger partial charge < -0.3 is 11.1 Å². The summed E-state index contributed by atoms with van der Waals surface area (Å²) < 4.78 is 0. The molecule has 0 radical (unpaired) electrons. The van der Waals surface area contributed by atoms with E-state index in [0.717, 1.165) is 23.1 Å². The van der Waals surface area contributed by atoms with Crippen LogP contribution in [-0.2, 0) is 0 Å². The highest BCUT2D eigenvalue weighted by Gasteiger charge is 2.28. The van der Waals surface area contributed by atoms with Crippen LogP contribution in [0.3, 0.4) is 0 Å². The second-order valence-corrected chi connectivity index (χ2v) is 5.34. The first-order valence-corrected chi connectivity index (χ1v) is 6.65. The monoisotopic (exact) mass is 261 g/mol. The molecule has 3 N–H and O–H groups in total. The number of rotatable bonds is 4. The minimum Gasteiger partial charge on any atom is -0.383 e. The normalized spacial score (nSPS) is 16.8. The Bertz CT molecular complexity index is 566.